The lowest BCUT2D eigenvalue weighted by Gasteiger charge is -2.17. The predicted molar refractivity (Wildman–Crippen MR) is 115 cm³/mol. The lowest BCUT2D eigenvalue weighted by Crippen LogP contribution is -2.39. The molecule has 142 valence electrons. The van der Waals surface area contributed by atoms with Gasteiger partial charge in [-0.1, -0.05) is 30.3 Å². The minimum absolute atomic E-state index is 0. The van der Waals surface area contributed by atoms with Gasteiger partial charge in [-0.3, -0.25) is 9.98 Å². The summed E-state index contributed by atoms with van der Waals surface area (Å²) in [5, 5.41) is 26.2. The SMILES string of the molecule is CCNC(=NCC(CO)c1ccccc1)NCC(O)c1ccncc1.I. The summed E-state index contributed by atoms with van der Waals surface area (Å²) in [4.78, 5) is 8.49. The van der Waals surface area contributed by atoms with Gasteiger partial charge in [0.15, 0.2) is 5.96 Å². The number of rotatable bonds is 8. The van der Waals surface area contributed by atoms with Crippen molar-refractivity contribution in [3.05, 3.63) is 66.0 Å². The average Bonchev–Trinajstić information content (AvgIpc) is 2.67. The van der Waals surface area contributed by atoms with E-state index in [1.807, 2.05) is 37.3 Å². The summed E-state index contributed by atoms with van der Waals surface area (Å²) in [6, 6.07) is 13.4. The van der Waals surface area contributed by atoms with Crippen LogP contribution in [0.1, 0.15) is 30.1 Å². The van der Waals surface area contributed by atoms with Crippen LogP contribution in [0.4, 0.5) is 0 Å². The van der Waals surface area contributed by atoms with Gasteiger partial charge in [-0.2, -0.15) is 0 Å². The zero-order chi connectivity index (χ0) is 17.9. The first-order valence-corrected chi connectivity index (χ1v) is 8.50. The highest BCUT2D eigenvalue weighted by Gasteiger charge is 2.11. The molecule has 2 aromatic rings. The third-order valence-electron chi connectivity index (χ3n) is 3.86. The number of aliphatic hydroxyl groups excluding tert-OH is 2. The molecule has 0 saturated heterocycles. The second kappa shape index (κ2) is 12.6. The molecule has 0 aliphatic rings. The van der Waals surface area contributed by atoms with Crippen molar-refractivity contribution < 1.29 is 10.2 Å². The second-order valence-electron chi connectivity index (χ2n) is 5.69. The Morgan fingerprint density at radius 1 is 1.08 bits per heavy atom. The van der Waals surface area contributed by atoms with E-state index < -0.39 is 6.10 Å². The van der Waals surface area contributed by atoms with Crippen molar-refractivity contribution in [3.63, 3.8) is 0 Å². The summed E-state index contributed by atoms with van der Waals surface area (Å²) in [5.41, 5.74) is 1.86. The first-order valence-electron chi connectivity index (χ1n) is 8.50. The standard InChI is InChI=1S/C19H26N4O2.HI/c1-2-21-19(23-13-18(25)16-8-10-20-11-9-16)22-12-17(14-24)15-6-4-3-5-7-15;/h3-11,17-18,24-25H,2,12-14H2,1H3,(H2,21,22,23);1H. The monoisotopic (exact) mass is 470 g/mol. The molecule has 6 nitrogen and oxygen atoms in total. The number of benzene rings is 1. The Hall–Kier alpha value is -1.71. The van der Waals surface area contributed by atoms with Gasteiger partial charge < -0.3 is 20.8 Å². The van der Waals surface area contributed by atoms with Gasteiger partial charge in [0.2, 0.25) is 0 Å². The third kappa shape index (κ3) is 7.27. The van der Waals surface area contributed by atoms with Crippen LogP contribution >= 0.6 is 24.0 Å². The number of nitrogens with one attached hydrogen (secondary N) is 2. The van der Waals surface area contributed by atoms with Gasteiger partial charge in [-0.05, 0) is 30.2 Å². The molecular weight excluding hydrogens is 443 g/mol. The molecule has 2 atom stereocenters. The van der Waals surface area contributed by atoms with E-state index >= 15 is 0 Å². The van der Waals surface area contributed by atoms with Crippen LogP contribution in [0.15, 0.2) is 59.9 Å². The Balaban J connectivity index is 0.00000338. The fraction of sp³-hybridized carbons (Fsp3) is 0.368. The van der Waals surface area contributed by atoms with Crippen LogP contribution in [-0.4, -0.2) is 47.4 Å². The van der Waals surface area contributed by atoms with Crippen LogP contribution in [0.2, 0.25) is 0 Å². The molecule has 4 N–H and O–H groups in total. The number of aliphatic imine (C=N–C) groups is 1. The summed E-state index contributed by atoms with van der Waals surface area (Å²) >= 11 is 0. The Morgan fingerprint density at radius 2 is 1.77 bits per heavy atom. The van der Waals surface area contributed by atoms with E-state index in [1.165, 1.54) is 0 Å². The van der Waals surface area contributed by atoms with Gasteiger partial charge in [-0.25, -0.2) is 0 Å². The number of hydrogen-bond donors (Lipinski definition) is 4. The first-order chi connectivity index (χ1) is 12.2. The number of guanidine groups is 1. The molecule has 0 amide bonds. The predicted octanol–water partition coefficient (Wildman–Crippen LogP) is 2.06. The smallest absolute Gasteiger partial charge is 0.191 e. The number of hydrogen-bond acceptors (Lipinski definition) is 4. The van der Waals surface area contributed by atoms with E-state index in [0.29, 0.717) is 25.6 Å². The molecule has 7 heteroatoms. The van der Waals surface area contributed by atoms with E-state index in [1.54, 1.807) is 24.5 Å². The Labute approximate surface area is 171 Å². The minimum atomic E-state index is -0.644. The maximum Gasteiger partial charge on any atom is 0.191 e. The summed E-state index contributed by atoms with van der Waals surface area (Å²) < 4.78 is 0. The molecule has 0 saturated carbocycles. The first kappa shape index (κ1) is 22.3. The summed E-state index contributed by atoms with van der Waals surface area (Å²) in [6.07, 6.45) is 2.67. The molecule has 0 spiro atoms. The van der Waals surface area contributed by atoms with Gasteiger partial charge >= 0.3 is 0 Å². The zero-order valence-electron chi connectivity index (χ0n) is 14.9. The molecule has 1 aromatic heterocycles. The molecule has 0 fully saturated rings. The van der Waals surface area contributed by atoms with E-state index in [2.05, 4.69) is 20.6 Å². The van der Waals surface area contributed by atoms with Crippen molar-refractivity contribution in [1.82, 2.24) is 15.6 Å². The Kier molecular flexibility index (Phi) is 10.8. The molecule has 2 unspecified atom stereocenters. The van der Waals surface area contributed by atoms with Gasteiger partial charge in [0.1, 0.15) is 0 Å². The highest BCUT2D eigenvalue weighted by molar-refractivity contribution is 14.0. The molecule has 0 radical (unpaired) electrons. The summed E-state index contributed by atoms with van der Waals surface area (Å²) in [5.74, 6) is 0.562. The van der Waals surface area contributed by atoms with Crippen LogP contribution in [0.3, 0.4) is 0 Å². The van der Waals surface area contributed by atoms with Gasteiger partial charge in [0.25, 0.3) is 0 Å². The summed E-state index contributed by atoms with van der Waals surface area (Å²) in [6.45, 7) is 3.53. The Morgan fingerprint density at radius 3 is 2.38 bits per heavy atom. The van der Waals surface area contributed by atoms with Crippen molar-refractivity contribution in [2.45, 2.75) is 18.9 Å². The minimum Gasteiger partial charge on any atom is -0.396 e. The zero-order valence-corrected chi connectivity index (χ0v) is 17.2. The quantitative estimate of drug-likeness (QED) is 0.270. The van der Waals surface area contributed by atoms with Crippen LogP contribution in [0, 0.1) is 0 Å². The normalized spacial score (nSPS) is 13.4. The average molecular weight is 470 g/mol. The molecular formula is C19H27IN4O2. The third-order valence-corrected chi connectivity index (χ3v) is 3.86. The van der Waals surface area contributed by atoms with E-state index in [9.17, 15) is 10.2 Å². The van der Waals surface area contributed by atoms with Gasteiger partial charge in [0.05, 0.1) is 19.3 Å². The second-order valence-corrected chi connectivity index (χ2v) is 5.69. The van der Waals surface area contributed by atoms with Gasteiger partial charge in [-0.15, -0.1) is 24.0 Å². The molecule has 26 heavy (non-hydrogen) atoms. The number of aromatic nitrogens is 1. The molecule has 1 aromatic carbocycles. The fourth-order valence-corrected chi connectivity index (χ4v) is 2.43. The molecule has 0 aliphatic heterocycles. The lowest BCUT2D eigenvalue weighted by atomic mass is 10.0. The molecule has 0 bridgehead atoms. The molecule has 2 rings (SSSR count). The number of halogens is 1. The highest BCUT2D eigenvalue weighted by Crippen LogP contribution is 2.15. The fourth-order valence-electron chi connectivity index (χ4n) is 2.43. The van der Waals surface area contributed by atoms with Crippen LogP contribution in [0.5, 0.6) is 0 Å². The van der Waals surface area contributed by atoms with Crippen molar-refractivity contribution in [2.24, 2.45) is 4.99 Å². The molecule has 1 heterocycles. The van der Waals surface area contributed by atoms with Gasteiger partial charge in [0, 0.05) is 31.4 Å². The highest BCUT2D eigenvalue weighted by atomic mass is 127. The van der Waals surface area contributed by atoms with Crippen molar-refractivity contribution in [3.8, 4) is 0 Å². The Bertz CT molecular complexity index is 641. The van der Waals surface area contributed by atoms with E-state index in [-0.39, 0.29) is 36.5 Å². The lowest BCUT2D eigenvalue weighted by molar-refractivity contribution is 0.180. The van der Waals surface area contributed by atoms with E-state index in [4.69, 9.17) is 0 Å². The maximum absolute atomic E-state index is 10.2. The number of aliphatic hydroxyl groups is 2. The van der Waals surface area contributed by atoms with E-state index in [0.717, 1.165) is 11.1 Å². The van der Waals surface area contributed by atoms with Crippen LogP contribution in [-0.2, 0) is 0 Å². The van der Waals surface area contributed by atoms with Crippen LogP contribution in [0.25, 0.3) is 0 Å². The largest absolute Gasteiger partial charge is 0.396 e. The summed E-state index contributed by atoms with van der Waals surface area (Å²) in [7, 11) is 0. The van der Waals surface area contributed by atoms with Crippen molar-refractivity contribution >= 4 is 29.9 Å². The number of pyridine rings is 1. The maximum atomic E-state index is 10.2. The van der Waals surface area contributed by atoms with Crippen LogP contribution < -0.4 is 10.6 Å². The van der Waals surface area contributed by atoms with Crippen molar-refractivity contribution in [1.29, 1.82) is 0 Å². The van der Waals surface area contributed by atoms with Crippen molar-refractivity contribution in [2.75, 3.05) is 26.2 Å². The topological polar surface area (TPSA) is 89.8 Å². The molecule has 0 aliphatic carbocycles. The number of nitrogens with zero attached hydrogens (tertiary/aromatic N) is 2.